The minimum absolute atomic E-state index is 0.414. The molecule has 0 heterocycles. The Morgan fingerprint density at radius 3 is 2.54 bits per heavy atom. The highest BCUT2D eigenvalue weighted by Crippen LogP contribution is 2.60. The Hall–Kier alpha value is -0.520. The average molecular weight is 175 g/mol. The maximum atomic E-state index is 2.41. The van der Waals surface area contributed by atoms with Gasteiger partial charge in [0.05, 0.1) is 0 Å². The molecule has 0 spiro atoms. The van der Waals surface area contributed by atoms with Gasteiger partial charge in [0.2, 0.25) is 0 Å². The zero-order chi connectivity index (χ0) is 9.64. The van der Waals surface area contributed by atoms with Crippen molar-refractivity contribution in [3.63, 3.8) is 0 Å². The predicted molar refractivity (Wildman–Crippen MR) is 57.2 cm³/mol. The van der Waals surface area contributed by atoms with Gasteiger partial charge in [-0.15, -0.1) is 0 Å². The zero-order valence-corrected chi connectivity index (χ0v) is 9.09. The second-order valence-electron chi connectivity index (χ2n) is 4.91. The fourth-order valence-corrected chi connectivity index (χ4v) is 2.80. The van der Waals surface area contributed by atoms with Crippen LogP contribution in [0.3, 0.4) is 0 Å². The van der Waals surface area contributed by atoms with Crippen LogP contribution < -0.4 is 0 Å². The highest BCUT2D eigenvalue weighted by molar-refractivity contribution is 5.49. The van der Waals surface area contributed by atoms with Crippen molar-refractivity contribution in [2.45, 2.75) is 34.1 Å². The molecule has 0 saturated heterocycles. The first kappa shape index (κ1) is 9.05. The fourth-order valence-electron chi connectivity index (χ4n) is 2.80. The molecule has 2 aliphatic rings. The van der Waals surface area contributed by atoms with E-state index in [1.807, 2.05) is 0 Å². The molecule has 0 bridgehead atoms. The highest BCUT2D eigenvalue weighted by Gasteiger charge is 2.51. The lowest BCUT2D eigenvalue weighted by Gasteiger charge is -2.30. The van der Waals surface area contributed by atoms with E-state index in [0.29, 0.717) is 5.41 Å². The van der Waals surface area contributed by atoms with Crippen LogP contribution in [0.1, 0.15) is 34.1 Å². The molecule has 2 unspecified atom stereocenters. The molecule has 0 aromatic heterocycles. The summed E-state index contributed by atoms with van der Waals surface area (Å²) in [6.45, 7) is 9.27. The van der Waals surface area contributed by atoms with Gasteiger partial charge < -0.3 is 0 Å². The first-order valence-corrected chi connectivity index (χ1v) is 5.28. The van der Waals surface area contributed by atoms with Gasteiger partial charge in [-0.1, -0.05) is 44.6 Å². The normalized spacial score (nSPS) is 37.4. The first-order valence-electron chi connectivity index (χ1n) is 5.28. The number of fused-ring (bicyclic) bond motifs is 1. The molecule has 2 rings (SSSR count). The summed E-state index contributed by atoms with van der Waals surface area (Å²) in [4.78, 5) is 0. The number of rotatable bonds is 1. The molecule has 0 amide bonds. The summed E-state index contributed by atoms with van der Waals surface area (Å²) in [7, 11) is 0. The Kier molecular flexibility index (Phi) is 1.90. The van der Waals surface area contributed by atoms with Crippen LogP contribution in [0.15, 0.2) is 23.8 Å². The molecule has 0 aromatic carbocycles. The van der Waals surface area contributed by atoms with Crippen LogP contribution in [-0.2, 0) is 0 Å². The van der Waals surface area contributed by atoms with Gasteiger partial charge in [0.15, 0.2) is 0 Å². The van der Waals surface area contributed by atoms with Gasteiger partial charge in [-0.3, -0.25) is 0 Å². The molecular formula is C13H19. The Balaban J connectivity index is 2.31. The summed E-state index contributed by atoms with van der Waals surface area (Å²) < 4.78 is 0. The molecule has 1 fully saturated rings. The van der Waals surface area contributed by atoms with Gasteiger partial charge in [0.25, 0.3) is 0 Å². The lowest BCUT2D eigenvalue weighted by atomic mass is 9.75. The molecular weight excluding hydrogens is 156 g/mol. The minimum Gasteiger partial charge on any atom is -0.0913 e. The van der Waals surface area contributed by atoms with Crippen molar-refractivity contribution < 1.29 is 0 Å². The zero-order valence-electron chi connectivity index (χ0n) is 9.09. The molecule has 0 aromatic rings. The van der Waals surface area contributed by atoms with Crippen molar-refractivity contribution >= 4 is 0 Å². The first-order chi connectivity index (χ1) is 6.09. The third kappa shape index (κ3) is 1.04. The van der Waals surface area contributed by atoms with Gasteiger partial charge in [0.1, 0.15) is 0 Å². The standard InChI is InChI=1S/C13H19/c1-5-6-10-9(2)13(3,4)12-8-7-11(10)12/h5-6,8-10H,7H2,1-4H3/b6-5-. The number of hydrogen-bond donors (Lipinski definition) is 0. The largest absolute Gasteiger partial charge is 0.0913 e. The van der Waals surface area contributed by atoms with Crippen molar-refractivity contribution in [3.05, 3.63) is 29.7 Å². The third-order valence-electron chi connectivity index (χ3n) is 4.05. The minimum atomic E-state index is 0.414. The number of hydrogen-bond acceptors (Lipinski definition) is 0. The van der Waals surface area contributed by atoms with E-state index < -0.39 is 0 Å². The van der Waals surface area contributed by atoms with Crippen LogP contribution in [0, 0.1) is 23.2 Å². The van der Waals surface area contributed by atoms with Gasteiger partial charge in [0, 0.05) is 5.92 Å². The van der Waals surface area contributed by atoms with Crippen LogP contribution >= 0.6 is 0 Å². The summed E-state index contributed by atoms with van der Waals surface area (Å²) in [5.74, 6) is 3.20. The smallest absolute Gasteiger partial charge is 0.0120 e. The van der Waals surface area contributed by atoms with Crippen molar-refractivity contribution in [2.75, 3.05) is 0 Å². The average Bonchev–Trinajstić information content (AvgIpc) is 2.08. The van der Waals surface area contributed by atoms with E-state index in [-0.39, 0.29) is 0 Å². The molecule has 1 radical (unpaired) electrons. The van der Waals surface area contributed by atoms with Gasteiger partial charge >= 0.3 is 0 Å². The van der Waals surface area contributed by atoms with Gasteiger partial charge in [-0.25, -0.2) is 0 Å². The van der Waals surface area contributed by atoms with Crippen LogP contribution in [0.25, 0.3) is 0 Å². The molecule has 2 atom stereocenters. The van der Waals surface area contributed by atoms with Gasteiger partial charge in [-0.2, -0.15) is 0 Å². The highest BCUT2D eigenvalue weighted by atomic mass is 14.5. The Labute approximate surface area is 81.7 Å². The second-order valence-corrected chi connectivity index (χ2v) is 4.91. The lowest BCUT2D eigenvalue weighted by molar-refractivity contribution is 0.299. The van der Waals surface area contributed by atoms with Crippen molar-refractivity contribution in [3.8, 4) is 0 Å². The monoisotopic (exact) mass is 175 g/mol. The van der Waals surface area contributed by atoms with Crippen molar-refractivity contribution in [2.24, 2.45) is 17.3 Å². The van der Waals surface area contributed by atoms with E-state index in [2.05, 4.69) is 45.9 Å². The molecule has 0 aliphatic heterocycles. The summed E-state index contributed by atoms with van der Waals surface area (Å²) in [6.07, 6.45) is 8.22. The van der Waals surface area contributed by atoms with E-state index in [1.165, 1.54) is 6.42 Å². The molecule has 0 N–H and O–H groups in total. The molecule has 2 aliphatic carbocycles. The molecule has 0 heteroatoms. The quantitative estimate of drug-likeness (QED) is 0.532. The van der Waals surface area contributed by atoms with Gasteiger partial charge in [-0.05, 0) is 30.6 Å². The van der Waals surface area contributed by atoms with Crippen LogP contribution in [0.4, 0.5) is 0 Å². The molecule has 1 saturated carbocycles. The maximum absolute atomic E-state index is 2.41. The Morgan fingerprint density at radius 2 is 2.15 bits per heavy atom. The van der Waals surface area contributed by atoms with E-state index in [0.717, 1.165) is 11.8 Å². The van der Waals surface area contributed by atoms with Crippen LogP contribution in [-0.4, -0.2) is 0 Å². The van der Waals surface area contributed by atoms with E-state index in [4.69, 9.17) is 0 Å². The second kappa shape index (κ2) is 2.73. The molecule has 71 valence electrons. The molecule has 0 nitrogen and oxygen atoms in total. The predicted octanol–water partition coefficient (Wildman–Crippen LogP) is 3.76. The number of allylic oxidation sites excluding steroid dienone is 4. The van der Waals surface area contributed by atoms with Crippen LogP contribution in [0.2, 0.25) is 0 Å². The van der Waals surface area contributed by atoms with Crippen molar-refractivity contribution in [1.82, 2.24) is 0 Å². The topological polar surface area (TPSA) is 0 Å². The summed E-state index contributed by atoms with van der Waals surface area (Å²) in [5.41, 5.74) is 2.06. The summed E-state index contributed by atoms with van der Waals surface area (Å²) >= 11 is 0. The maximum Gasteiger partial charge on any atom is 0.0120 e. The summed E-state index contributed by atoms with van der Waals surface area (Å²) in [5, 5.41) is 0. The van der Waals surface area contributed by atoms with Crippen LogP contribution in [0.5, 0.6) is 0 Å². The Morgan fingerprint density at radius 1 is 1.46 bits per heavy atom. The molecule has 13 heavy (non-hydrogen) atoms. The van der Waals surface area contributed by atoms with E-state index in [1.54, 1.807) is 11.5 Å². The third-order valence-corrected chi connectivity index (χ3v) is 4.05. The fraction of sp³-hybridized carbons (Fsp3) is 0.615. The Bertz CT molecular complexity index is 268. The lowest BCUT2D eigenvalue weighted by Crippen LogP contribution is -2.19. The summed E-state index contributed by atoms with van der Waals surface area (Å²) in [6, 6.07) is 0. The SMILES string of the molecule is C/C=C\C1[C]2CC=C2C(C)(C)C1C. The van der Waals surface area contributed by atoms with E-state index in [9.17, 15) is 0 Å². The van der Waals surface area contributed by atoms with Crippen molar-refractivity contribution in [1.29, 1.82) is 0 Å². The van der Waals surface area contributed by atoms with E-state index >= 15 is 0 Å².